The maximum atomic E-state index is 13.1. The van der Waals surface area contributed by atoms with Gasteiger partial charge in [-0.3, -0.25) is 9.69 Å². The van der Waals surface area contributed by atoms with Crippen LogP contribution in [0.5, 0.6) is 0 Å². The van der Waals surface area contributed by atoms with Crippen LogP contribution in [0, 0.1) is 11.7 Å². The van der Waals surface area contributed by atoms with Gasteiger partial charge in [0.1, 0.15) is 5.82 Å². The fourth-order valence-corrected chi connectivity index (χ4v) is 3.35. The van der Waals surface area contributed by atoms with Crippen molar-refractivity contribution in [3.63, 3.8) is 0 Å². The fraction of sp³-hybridized carbons (Fsp3) is 0.588. The summed E-state index contributed by atoms with van der Waals surface area (Å²) in [4.78, 5) is 13.4. The number of nitrogens with two attached hydrogens (primary N) is 1. The van der Waals surface area contributed by atoms with Crippen molar-refractivity contribution in [2.75, 3.05) is 13.1 Å². The van der Waals surface area contributed by atoms with Crippen molar-refractivity contribution in [2.24, 2.45) is 11.7 Å². The highest BCUT2D eigenvalue weighted by Crippen LogP contribution is 2.30. The third kappa shape index (κ3) is 4.53. The van der Waals surface area contributed by atoms with Crippen LogP contribution >= 0.6 is 0 Å². The quantitative estimate of drug-likeness (QED) is 0.875. The first kappa shape index (κ1) is 16.0. The molecule has 1 amide bonds. The number of rotatable bonds is 6. The number of benzene rings is 1. The zero-order chi connectivity index (χ0) is 15.2. The Balaban J connectivity index is 2.00. The van der Waals surface area contributed by atoms with Crippen LogP contribution in [0.4, 0.5) is 4.39 Å². The first-order valence-corrected chi connectivity index (χ1v) is 7.88. The molecule has 0 unspecified atom stereocenters. The average Bonchev–Trinajstić information content (AvgIpc) is 2.48. The molecule has 116 valence electrons. The van der Waals surface area contributed by atoms with Gasteiger partial charge in [-0.2, -0.15) is 0 Å². The Kier molecular flexibility index (Phi) is 5.74. The highest BCUT2D eigenvalue weighted by molar-refractivity contribution is 5.73. The monoisotopic (exact) mass is 292 g/mol. The average molecular weight is 292 g/mol. The minimum Gasteiger partial charge on any atom is -0.370 e. The summed E-state index contributed by atoms with van der Waals surface area (Å²) in [7, 11) is 0. The van der Waals surface area contributed by atoms with Gasteiger partial charge in [0.15, 0.2) is 0 Å². The zero-order valence-corrected chi connectivity index (χ0v) is 12.7. The van der Waals surface area contributed by atoms with E-state index in [0.29, 0.717) is 18.4 Å². The molecule has 1 fully saturated rings. The topological polar surface area (TPSA) is 46.3 Å². The number of amides is 1. The van der Waals surface area contributed by atoms with Crippen LogP contribution < -0.4 is 5.73 Å². The molecule has 1 aliphatic heterocycles. The number of likely N-dealkylation sites (tertiary alicyclic amines) is 1. The normalized spacial score (nSPS) is 21.1. The molecule has 1 aromatic carbocycles. The van der Waals surface area contributed by atoms with Crippen LogP contribution in [-0.2, 0) is 4.79 Å². The minimum absolute atomic E-state index is 0.188. The molecule has 2 rings (SSSR count). The lowest BCUT2D eigenvalue weighted by atomic mass is 9.90. The van der Waals surface area contributed by atoms with Gasteiger partial charge in [0.05, 0.1) is 0 Å². The number of hydrogen-bond donors (Lipinski definition) is 1. The molecule has 1 aliphatic rings. The molecule has 0 saturated carbocycles. The molecule has 0 aromatic heterocycles. The Morgan fingerprint density at radius 3 is 2.76 bits per heavy atom. The second kappa shape index (κ2) is 7.55. The van der Waals surface area contributed by atoms with Gasteiger partial charge in [0, 0.05) is 19.0 Å². The van der Waals surface area contributed by atoms with E-state index < -0.39 is 0 Å². The van der Waals surface area contributed by atoms with Crippen LogP contribution in [-0.4, -0.2) is 23.9 Å². The van der Waals surface area contributed by atoms with E-state index in [1.54, 1.807) is 0 Å². The van der Waals surface area contributed by atoms with Crippen molar-refractivity contribution in [2.45, 2.75) is 45.1 Å². The number of primary amides is 1. The Morgan fingerprint density at radius 1 is 1.43 bits per heavy atom. The zero-order valence-electron chi connectivity index (χ0n) is 12.7. The minimum atomic E-state index is -0.210. The molecular formula is C17H25FN2O. The predicted octanol–water partition coefficient (Wildman–Crippen LogP) is 3.25. The van der Waals surface area contributed by atoms with Gasteiger partial charge in [-0.15, -0.1) is 0 Å². The lowest BCUT2D eigenvalue weighted by Crippen LogP contribution is -2.38. The van der Waals surface area contributed by atoms with E-state index in [4.69, 9.17) is 5.73 Å². The number of hydrogen-bond acceptors (Lipinski definition) is 2. The lowest BCUT2D eigenvalue weighted by Gasteiger charge is -2.38. The van der Waals surface area contributed by atoms with Gasteiger partial charge < -0.3 is 5.73 Å². The van der Waals surface area contributed by atoms with Gasteiger partial charge >= 0.3 is 0 Å². The summed E-state index contributed by atoms with van der Waals surface area (Å²) in [6, 6.07) is 7.17. The van der Waals surface area contributed by atoms with Crippen molar-refractivity contribution in [1.82, 2.24) is 4.90 Å². The summed E-state index contributed by atoms with van der Waals surface area (Å²) < 4.78 is 13.1. The third-order valence-electron chi connectivity index (χ3n) is 4.43. The molecule has 4 heteroatoms. The van der Waals surface area contributed by atoms with Crippen LogP contribution in [0.25, 0.3) is 0 Å². The summed E-state index contributed by atoms with van der Waals surface area (Å²) in [6.07, 6.45) is 4.69. The van der Waals surface area contributed by atoms with Crippen LogP contribution in [0.1, 0.15) is 50.6 Å². The fourth-order valence-electron chi connectivity index (χ4n) is 3.35. The predicted molar refractivity (Wildman–Crippen MR) is 82.2 cm³/mol. The third-order valence-corrected chi connectivity index (χ3v) is 4.43. The van der Waals surface area contributed by atoms with E-state index in [9.17, 15) is 9.18 Å². The van der Waals surface area contributed by atoms with Crippen molar-refractivity contribution in [3.05, 3.63) is 35.6 Å². The van der Waals surface area contributed by atoms with Gasteiger partial charge in [0.2, 0.25) is 5.91 Å². The first-order valence-electron chi connectivity index (χ1n) is 7.88. The second-order valence-corrected chi connectivity index (χ2v) is 5.98. The number of carbonyl (C=O) groups is 1. The molecule has 2 atom stereocenters. The number of halogens is 1. The van der Waals surface area contributed by atoms with E-state index in [0.717, 1.165) is 32.4 Å². The molecule has 0 radical (unpaired) electrons. The molecule has 1 saturated heterocycles. The van der Waals surface area contributed by atoms with Crippen molar-refractivity contribution in [3.8, 4) is 0 Å². The summed E-state index contributed by atoms with van der Waals surface area (Å²) in [5.74, 6) is 0.144. The van der Waals surface area contributed by atoms with Crippen LogP contribution in [0.2, 0.25) is 0 Å². The highest BCUT2D eigenvalue weighted by atomic mass is 19.1. The van der Waals surface area contributed by atoms with E-state index >= 15 is 0 Å². The maximum absolute atomic E-state index is 13.1. The number of nitrogens with zero attached hydrogens (tertiary/aromatic N) is 1. The molecule has 0 bridgehead atoms. The summed E-state index contributed by atoms with van der Waals surface area (Å²) in [5, 5.41) is 0. The van der Waals surface area contributed by atoms with E-state index in [-0.39, 0.29) is 11.7 Å². The number of piperidine rings is 1. The SMILES string of the molecule is CC[C@H](c1ccc(F)cc1)N1CCC[C@H](CCC(N)=O)C1. The first-order chi connectivity index (χ1) is 10.1. The molecule has 3 nitrogen and oxygen atoms in total. The summed E-state index contributed by atoms with van der Waals surface area (Å²) in [6.45, 7) is 4.24. The van der Waals surface area contributed by atoms with Gasteiger partial charge in [-0.05, 0) is 55.8 Å². The molecule has 2 N–H and O–H groups in total. The van der Waals surface area contributed by atoms with Gasteiger partial charge in [0.25, 0.3) is 0 Å². The molecule has 21 heavy (non-hydrogen) atoms. The van der Waals surface area contributed by atoms with E-state index in [2.05, 4.69) is 11.8 Å². The summed E-state index contributed by atoms with van der Waals surface area (Å²) >= 11 is 0. The largest absolute Gasteiger partial charge is 0.370 e. The van der Waals surface area contributed by atoms with E-state index in [1.165, 1.54) is 24.1 Å². The van der Waals surface area contributed by atoms with Gasteiger partial charge in [-0.25, -0.2) is 4.39 Å². The van der Waals surface area contributed by atoms with Crippen molar-refractivity contribution >= 4 is 5.91 Å². The van der Waals surface area contributed by atoms with Crippen molar-refractivity contribution < 1.29 is 9.18 Å². The Morgan fingerprint density at radius 2 is 2.14 bits per heavy atom. The smallest absolute Gasteiger partial charge is 0.217 e. The Hall–Kier alpha value is -1.42. The molecule has 0 aliphatic carbocycles. The standard InChI is InChI=1S/C17H25FN2O/c1-2-16(14-6-8-15(18)9-7-14)20-11-3-4-13(12-20)5-10-17(19)21/h6-9,13,16H,2-5,10-12H2,1H3,(H2,19,21)/t13-,16-/m1/s1. The summed E-state index contributed by atoms with van der Waals surface area (Å²) in [5.41, 5.74) is 6.42. The Labute approximate surface area is 126 Å². The van der Waals surface area contributed by atoms with E-state index in [1.807, 2.05) is 12.1 Å². The molecule has 1 aromatic rings. The lowest BCUT2D eigenvalue weighted by molar-refractivity contribution is -0.118. The molecule has 1 heterocycles. The van der Waals surface area contributed by atoms with Crippen LogP contribution in [0.3, 0.4) is 0 Å². The number of carbonyl (C=O) groups excluding carboxylic acids is 1. The Bertz CT molecular complexity index is 460. The van der Waals surface area contributed by atoms with Crippen molar-refractivity contribution in [1.29, 1.82) is 0 Å². The highest BCUT2D eigenvalue weighted by Gasteiger charge is 2.26. The van der Waals surface area contributed by atoms with Gasteiger partial charge in [-0.1, -0.05) is 19.1 Å². The molecule has 0 spiro atoms. The second-order valence-electron chi connectivity index (χ2n) is 5.98. The molecular weight excluding hydrogens is 267 g/mol. The maximum Gasteiger partial charge on any atom is 0.217 e. The van der Waals surface area contributed by atoms with Crippen LogP contribution in [0.15, 0.2) is 24.3 Å².